The number of furan rings is 1. The molecule has 1 heterocycles. The van der Waals surface area contributed by atoms with Crippen LogP contribution in [-0.2, 0) is 0 Å². The fourth-order valence-electron chi connectivity index (χ4n) is 1.38. The van der Waals surface area contributed by atoms with E-state index >= 15 is 0 Å². The van der Waals surface area contributed by atoms with Crippen LogP contribution in [0.1, 0.15) is 16.1 Å². The van der Waals surface area contributed by atoms with Crippen LogP contribution in [0.2, 0.25) is 0 Å². The maximum Gasteiger partial charge on any atom is 0.251 e. The number of carbonyl (C=O) groups excluding carboxylic acids is 1. The van der Waals surface area contributed by atoms with Crippen molar-refractivity contribution in [3.63, 3.8) is 0 Å². The smallest absolute Gasteiger partial charge is 0.251 e. The number of hydrogen-bond donors (Lipinski definition) is 1. The van der Waals surface area contributed by atoms with Gasteiger partial charge < -0.3 is 4.42 Å². The monoisotopic (exact) mass is 192 g/mol. The predicted molar refractivity (Wildman–Crippen MR) is 54.3 cm³/mol. The SMILES string of the molecule is Cc1c(C(=O)S)oc2ccccc12. The van der Waals surface area contributed by atoms with Crippen molar-refractivity contribution in [3.05, 3.63) is 35.6 Å². The fourth-order valence-corrected chi connectivity index (χ4v) is 1.59. The van der Waals surface area contributed by atoms with Crippen molar-refractivity contribution in [2.75, 3.05) is 0 Å². The molecule has 0 aliphatic heterocycles. The Morgan fingerprint density at radius 1 is 1.38 bits per heavy atom. The molecule has 0 unspecified atom stereocenters. The summed E-state index contributed by atoms with van der Waals surface area (Å²) in [5.74, 6) is 0.338. The molecule has 0 N–H and O–H groups in total. The van der Waals surface area contributed by atoms with Crippen LogP contribution in [0, 0.1) is 6.92 Å². The summed E-state index contributed by atoms with van der Waals surface area (Å²) in [5, 5.41) is 0.647. The van der Waals surface area contributed by atoms with E-state index in [0.717, 1.165) is 16.5 Å². The summed E-state index contributed by atoms with van der Waals surface area (Å²) in [6.45, 7) is 1.86. The first-order valence-corrected chi connectivity index (χ1v) is 4.36. The van der Waals surface area contributed by atoms with Crippen LogP contribution < -0.4 is 0 Å². The van der Waals surface area contributed by atoms with Gasteiger partial charge in [-0.15, -0.1) is 0 Å². The van der Waals surface area contributed by atoms with Gasteiger partial charge >= 0.3 is 0 Å². The summed E-state index contributed by atoms with van der Waals surface area (Å²) < 4.78 is 5.33. The van der Waals surface area contributed by atoms with E-state index in [4.69, 9.17) is 4.42 Å². The summed E-state index contributed by atoms with van der Waals surface area (Å²) in [6.07, 6.45) is 0. The van der Waals surface area contributed by atoms with Crippen molar-refractivity contribution < 1.29 is 9.21 Å². The highest BCUT2D eigenvalue weighted by Gasteiger charge is 2.13. The molecule has 0 atom stereocenters. The highest BCUT2D eigenvalue weighted by atomic mass is 32.1. The molecule has 2 nitrogen and oxygen atoms in total. The molecule has 0 amide bonds. The van der Waals surface area contributed by atoms with E-state index in [-0.39, 0.29) is 5.12 Å². The Balaban J connectivity index is 2.81. The zero-order chi connectivity index (χ0) is 9.42. The van der Waals surface area contributed by atoms with Crippen LogP contribution >= 0.6 is 12.6 Å². The van der Waals surface area contributed by atoms with Crippen LogP contribution in [-0.4, -0.2) is 5.12 Å². The average molecular weight is 192 g/mol. The first-order chi connectivity index (χ1) is 6.20. The topological polar surface area (TPSA) is 30.2 Å². The lowest BCUT2D eigenvalue weighted by atomic mass is 10.1. The summed E-state index contributed by atoms with van der Waals surface area (Å²) in [4.78, 5) is 11.0. The Labute approximate surface area is 81.0 Å². The lowest BCUT2D eigenvalue weighted by molar-refractivity contribution is 0.106. The third-order valence-electron chi connectivity index (χ3n) is 2.04. The number of aryl methyl sites for hydroxylation is 1. The van der Waals surface area contributed by atoms with Gasteiger partial charge in [0.05, 0.1) is 0 Å². The van der Waals surface area contributed by atoms with Crippen molar-refractivity contribution in [2.45, 2.75) is 6.92 Å². The van der Waals surface area contributed by atoms with Crippen molar-refractivity contribution in [3.8, 4) is 0 Å². The molecule has 3 heteroatoms. The van der Waals surface area contributed by atoms with Crippen LogP contribution in [0.3, 0.4) is 0 Å². The molecule has 1 aromatic carbocycles. The molecule has 0 aliphatic rings. The minimum atomic E-state index is -0.325. The van der Waals surface area contributed by atoms with Gasteiger partial charge in [-0.2, -0.15) is 0 Å². The van der Waals surface area contributed by atoms with Gasteiger partial charge in [0, 0.05) is 10.9 Å². The molecule has 0 fully saturated rings. The van der Waals surface area contributed by atoms with Gasteiger partial charge in [0.25, 0.3) is 5.12 Å². The molecule has 0 bridgehead atoms. The second kappa shape index (κ2) is 2.92. The lowest BCUT2D eigenvalue weighted by Gasteiger charge is -1.87. The van der Waals surface area contributed by atoms with Crippen LogP contribution in [0.15, 0.2) is 28.7 Å². The first kappa shape index (κ1) is 8.38. The lowest BCUT2D eigenvalue weighted by Crippen LogP contribution is -1.86. The average Bonchev–Trinajstić information content (AvgIpc) is 2.45. The van der Waals surface area contributed by atoms with Crippen molar-refractivity contribution in [1.82, 2.24) is 0 Å². The second-order valence-electron chi connectivity index (χ2n) is 2.86. The number of hydrogen-bond acceptors (Lipinski definition) is 2. The minimum absolute atomic E-state index is 0.325. The van der Waals surface area contributed by atoms with Crippen molar-refractivity contribution >= 4 is 28.7 Å². The summed E-state index contributed by atoms with van der Waals surface area (Å²) >= 11 is 3.74. The number of fused-ring (bicyclic) bond motifs is 1. The molecule has 0 spiro atoms. The second-order valence-corrected chi connectivity index (χ2v) is 3.26. The number of benzene rings is 1. The molecule has 0 aliphatic carbocycles. The third-order valence-corrected chi connectivity index (χ3v) is 2.24. The Hall–Kier alpha value is -1.22. The summed E-state index contributed by atoms with van der Waals surface area (Å²) in [7, 11) is 0. The van der Waals surface area contributed by atoms with Gasteiger partial charge in [-0.05, 0) is 13.0 Å². The fraction of sp³-hybridized carbons (Fsp3) is 0.100. The van der Waals surface area contributed by atoms with Crippen LogP contribution in [0.5, 0.6) is 0 Å². The summed E-state index contributed by atoms with van der Waals surface area (Å²) in [5.41, 5.74) is 1.59. The van der Waals surface area contributed by atoms with E-state index in [0.29, 0.717) is 5.76 Å². The van der Waals surface area contributed by atoms with E-state index in [1.807, 2.05) is 31.2 Å². The normalized spacial score (nSPS) is 10.6. The van der Waals surface area contributed by atoms with E-state index in [2.05, 4.69) is 12.6 Å². The van der Waals surface area contributed by atoms with Gasteiger partial charge in [0.15, 0.2) is 5.76 Å². The van der Waals surface area contributed by atoms with Gasteiger partial charge in [0.1, 0.15) is 5.58 Å². The Morgan fingerprint density at radius 2 is 2.08 bits per heavy atom. The zero-order valence-electron chi connectivity index (χ0n) is 7.07. The van der Waals surface area contributed by atoms with Gasteiger partial charge in [-0.3, -0.25) is 4.79 Å². The highest BCUT2D eigenvalue weighted by molar-refractivity contribution is 7.97. The molecular weight excluding hydrogens is 184 g/mol. The highest BCUT2D eigenvalue weighted by Crippen LogP contribution is 2.25. The molecule has 13 heavy (non-hydrogen) atoms. The van der Waals surface area contributed by atoms with Gasteiger partial charge in [0.2, 0.25) is 0 Å². The molecule has 0 radical (unpaired) electrons. The van der Waals surface area contributed by atoms with Gasteiger partial charge in [-0.1, -0.05) is 30.8 Å². The molecule has 66 valence electrons. The van der Waals surface area contributed by atoms with Crippen molar-refractivity contribution in [2.24, 2.45) is 0 Å². The Kier molecular flexibility index (Phi) is 1.88. The molecule has 0 saturated heterocycles. The van der Waals surface area contributed by atoms with Gasteiger partial charge in [-0.25, -0.2) is 0 Å². The van der Waals surface area contributed by atoms with E-state index in [1.54, 1.807) is 0 Å². The third kappa shape index (κ3) is 1.25. The Morgan fingerprint density at radius 3 is 2.69 bits per heavy atom. The number of carbonyl (C=O) groups is 1. The Bertz CT molecular complexity index is 471. The van der Waals surface area contributed by atoms with Crippen LogP contribution in [0.25, 0.3) is 11.0 Å². The standard InChI is InChI=1S/C10H8O2S/c1-6-7-4-2-3-5-8(7)12-9(6)10(11)13/h2-5H,1H3,(H,11,13). The van der Waals surface area contributed by atoms with E-state index in [1.165, 1.54) is 0 Å². The maximum atomic E-state index is 11.0. The first-order valence-electron chi connectivity index (χ1n) is 3.91. The molecular formula is C10H8O2S. The summed E-state index contributed by atoms with van der Waals surface area (Å²) in [6, 6.07) is 7.55. The molecule has 0 saturated carbocycles. The quantitative estimate of drug-likeness (QED) is 0.704. The van der Waals surface area contributed by atoms with Crippen LogP contribution in [0.4, 0.5) is 0 Å². The van der Waals surface area contributed by atoms with E-state index in [9.17, 15) is 4.79 Å². The van der Waals surface area contributed by atoms with Crippen molar-refractivity contribution in [1.29, 1.82) is 0 Å². The predicted octanol–water partition coefficient (Wildman–Crippen LogP) is 2.81. The largest absolute Gasteiger partial charge is 0.452 e. The minimum Gasteiger partial charge on any atom is -0.452 e. The molecule has 2 rings (SSSR count). The zero-order valence-corrected chi connectivity index (χ0v) is 7.97. The number of rotatable bonds is 1. The maximum absolute atomic E-state index is 11.0. The van der Waals surface area contributed by atoms with E-state index < -0.39 is 0 Å². The molecule has 1 aromatic heterocycles. The number of para-hydroxylation sites is 1. The number of thiol groups is 1. The molecule has 2 aromatic rings.